The number of aromatic amines is 1. The minimum atomic E-state index is -0.412. The Kier molecular flexibility index (Phi) is 6.27. The van der Waals surface area contributed by atoms with Crippen LogP contribution in [0, 0.1) is 0 Å². The Labute approximate surface area is 221 Å². The molecule has 0 amide bonds. The zero-order chi connectivity index (χ0) is 26.8. The Bertz CT molecular complexity index is 1800. The number of rotatable bonds is 8. The lowest BCUT2D eigenvalue weighted by Crippen LogP contribution is -2.15. The van der Waals surface area contributed by atoms with Gasteiger partial charge in [-0.3, -0.25) is 19.6 Å². The van der Waals surface area contributed by atoms with Crippen molar-refractivity contribution in [1.29, 1.82) is 0 Å². The summed E-state index contributed by atoms with van der Waals surface area (Å²) in [5.41, 5.74) is 3.08. The average Bonchev–Trinajstić information content (AvgIpc) is 3.57. The van der Waals surface area contributed by atoms with Crippen LogP contribution < -0.4 is 16.2 Å². The number of benzene rings is 1. The van der Waals surface area contributed by atoms with Gasteiger partial charge in [0.1, 0.15) is 11.6 Å². The molecule has 12 heteroatoms. The molecule has 6 rings (SSSR count). The molecule has 0 saturated heterocycles. The van der Waals surface area contributed by atoms with Gasteiger partial charge in [0.2, 0.25) is 5.82 Å². The number of aliphatic hydroxyl groups is 1. The third-order valence-corrected chi connectivity index (χ3v) is 6.16. The number of hydrogen-bond donors (Lipinski definition) is 4. The lowest BCUT2D eigenvalue weighted by Gasteiger charge is -2.20. The first kappa shape index (κ1) is 24.0. The van der Waals surface area contributed by atoms with E-state index < -0.39 is 6.04 Å². The molecule has 0 aliphatic rings. The number of pyridine rings is 3. The number of aryl methyl sites for hydroxylation is 1. The van der Waals surface area contributed by atoms with E-state index in [0.29, 0.717) is 45.3 Å². The first-order valence-electron chi connectivity index (χ1n) is 12.1. The van der Waals surface area contributed by atoms with Crippen LogP contribution in [0.1, 0.15) is 11.6 Å². The largest absolute Gasteiger partial charge is 0.394 e. The van der Waals surface area contributed by atoms with Gasteiger partial charge in [-0.1, -0.05) is 35.5 Å². The second kappa shape index (κ2) is 10.2. The van der Waals surface area contributed by atoms with Gasteiger partial charge in [-0.2, -0.15) is 4.98 Å². The lowest BCUT2D eigenvalue weighted by molar-refractivity contribution is 0.276. The zero-order valence-corrected chi connectivity index (χ0v) is 20.7. The van der Waals surface area contributed by atoms with Crippen molar-refractivity contribution in [2.75, 3.05) is 17.2 Å². The molecule has 0 spiro atoms. The van der Waals surface area contributed by atoms with E-state index in [0.717, 1.165) is 5.56 Å². The predicted molar refractivity (Wildman–Crippen MR) is 145 cm³/mol. The highest BCUT2D eigenvalue weighted by molar-refractivity contribution is 5.79. The van der Waals surface area contributed by atoms with Crippen LogP contribution in [0.2, 0.25) is 0 Å². The van der Waals surface area contributed by atoms with E-state index in [1.807, 2.05) is 36.4 Å². The van der Waals surface area contributed by atoms with Crippen LogP contribution in [-0.4, -0.2) is 46.6 Å². The Balaban J connectivity index is 1.38. The topological polar surface area (TPSA) is 160 Å². The van der Waals surface area contributed by atoms with Crippen molar-refractivity contribution in [3.8, 4) is 22.8 Å². The van der Waals surface area contributed by atoms with Crippen molar-refractivity contribution in [2.45, 2.75) is 6.04 Å². The van der Waals surface area contributed by atoms with E-state index in [1.54, 1.807) is 54.6 Å². The molecule has 0 aliphatic carbocycles. The van der Waals surface area contributed by atoms with Gasteiger partial charge in [0.05, 0.1) is 29.3 Å². The van der Waals surface area contributed by atoms with E-state index in [4.69, 9.17) is 4.52 Å². The monoisotopic (exact) mass is 521 g/mol. The molecule has 5 heterocycles. The Morgan fingerprint density at radius 1 is 1.05 bits per heavy atom. The van der Waals surface area contributed by atoms with Gasteiger partial charge in [-0.05, 0) is 29.8 Å². The highest BCUT2D eigenvalue weighted by Gasteiger charge is 2.19. The molecule has 194 valence electrons. The summed E-state index contributed by atoms with van der Waals surface area (Å²) in [5, 5.41) is 24.1. The van der Waals surface area contributed by atoms with E-state index in [1.165, 1.54) is 0 Å². The maximum atomic E-state index is 12.0. The summed E-state index contributed by atoms with van der Waals surface area (Å²) in [6.07, 6.45) is 4.93. The normalized spacial score (nSPS) is 11.9. The van der Waals surface area contributed by atoms with Crippen molar-refractivity contribution in [3.63, 3.8) is 0 Å². The summed E-state index contributed by atoms with van der Waals surface area (Å²) in [7, 11) is 1.72. The second-order valence-corrected chi connectivity index (χ2v) is 8.76. The van der Waals surface area contributed by atoms with Crippen LogP contribution in [0.3, 0.4) is 0 Å². The molecular formula is C27H23N9O3. The average molecular weight is 522 g/mol. The summed E-state index contributed by atoms with van der Waals surface area (Å²) in [6, 6.07) is 18.0. The fraction of sp³-hybridized carbons (Fsp3) is 0.111. The molecule has 6 aromatic rings. The number of fused-ring (bicyclic) bond motifs is 1. The molecule has 0 bridgehead atoms. The predicted octanol–water partition coefficient (Wildman–Crippen LogP) is 3.66. The van der Waals surface area contributed by atoms with E-state index in [-0.39, 0.29) is 18.1 Å². The number of nitrogens with zero attached hydrogens (tertiary/aromatic N) is 6. The maximum absolute atomic E-state index is 12.0. The minimum Gasteiger partial charge on any atom is -0.394 e. The number of aliphatic hydroxyl groups excluding tert-OH is 1. The summed E-state index contributed by atoms with van der Waals surface area (Å²) in [4.78, 5) is 29.8. The van der Waals surface area contributed by atoms with Crippen molar-refractivity contribution in [3.05, 3.63) is 95.2 Å². The molecule has 0 aliphatic heterocycles. The highest BCUT2D eigenvalue weighted by Crippen LogP contribution is 2.33. The fourth-order valence-electron chi connectivity index (χ4n) is 4.21. The van der Waals surface area contributed by atoms with E-state index >= 15 is 0 Å². The minimum absolute atomic E-state index is 0.154. The van der Waals surface area contributed by atoms with Crippen LogP contribution in [0.5, 0.6) is 0 Å². The van der Waals surface area contributed by atoms with Crippen molar-refractivity contribution < 1.29 is 9.63 Å². The van der Waals surface area contributed by atoms with E-state index in [9.17, 15) is 9.90 Å². The van der Waals surface area contributed by atoms with Gasteiger partial charge in [-0.25, -0.2) is 9.97 Å². The number of H-pyrrole nitrogens is 1. The molecule has 4 N–H and O–H groups in total. The Hall–Kier alpha value is -5.36. The molecule has 0 saturated carbocycles. The van der Waals surface area contributed by atoms with Crippen LogP contribution in [0.15, 0.2) is 88.6 Å². The van der Waals surface area contributed by atoms with Gasteiger partial charge in [-0.15, -0.1) is 0 Å². The molecule has 1 aromatic carbocycles. The summed E-state index contributed by atoms with van der Waals surface area (Å²) in [5.74, 6) is 1.62. The van der Waals surface area contributed by atoms with Gasteiger partial charge >= 0.3 is 0 Å². The molecule has 12 nitrogen and oxygen atoms in total. The maximum Gasteiger partial charge on any atom is 0.273 e. The molecule has 0 fully saturated rings. The van der Waals surface area contributed by atoms with Gasteiger partial charge in [0.25, 0.3) is 11.4 Å². The van der Waals surface area contributed by atoms with Gasteiger partial charge in [0, 0.05) is 37.3 Å². The summed E-state index contributed by atoms with van der Waals surface area (Å²) < 4.78 is 7.15. The molecule has 0 radical (unpaired) electrons. The molecule has 39 heavy (non-hydrogen) atoms. The van der Waals surface area contributed by atoms with Gasteiger partial charge in [0.15, 0.2) is 5.65 Å². The molecule has 5 aromatic heterocycles. The number of anilines is 3. The Morgan fingerprint density at radius 3 is 2.72 bits per heavy atom. The lowest BCUT2D eigenvalue weighted by atomic mass is 10.1. The highest BCUT2D eigenvalue weighted by atomic mass is 16.5. The second-order valence-electron chi connectivity index (χ2n) is 8.76. The van der Waals surface area contributed by atoms with Crippen molar-refractivity contribution >= 4 is 28.4 Å². The first-order chi connectivity index (χ1) is 19.1. The van der Waals surface area contributed by atoms with Crippen molar-refractivity contribution in [1.82, 2.24) is 34.9 Å². The third-order valence-electron chi connectivity index (χ3n) is 6.16. The van der Waals surface area contributed by atoms with Crippen LogP contribution >= 0.6 is 0 Å². The SMILES string of the molecule is Cn1[nH]c(=O)c2ccc(Nc3cc(N[C@H](CO)c4ccccc4)c(-c4nc(-c5cccnc5)no4)cn3)nc21. The van der Waals surface area contributed by atoms with E-state index in [2.05, 4.69) is 40.8 Å². The zero-order valence-electron chi connectivity index (χ0n) is 20.7. The van der Waals surface area contributed by atoms with Crippen LogP contribution in [0.4, 0.5) is 17.3 Å². The number of hydrogen-bond acceptors (Lipinski definition) is 10. The number of nitrogens with one attached hydrogen (secondary N) is 3. The fourth-order valence-corrected chi connectivity index (χ4v) is 4.21. The number of aromatic nitrogens is 7. The molecular weight excluding hydrogens is 498 g/mol. The smallest absolute Gasteiger partial charge is 0.273 e. The van der Waals surface area contributed by atoms with Crippen LogP contribution in [-0.2, 0) is 7.05 Å². The quantitative estimate of drug-likeness (QED) is 0.233. The standard InChI is InChI=1S/C27H23N9O3/c1-36-25-18(26(38)34-36)9-10-22(32-25)31-23-12-20(30-21(15-37)16-6-3-2-4-7-16)19(14-29-23)27-33-24(35-39-27)17-8-5-11-28-13-17/h2-14,21,37H,15H2,1H3,(H,34,38)(H2,29,30,31,32)/t21-/m1/s1. The van der Waals surface area contributed by atoms with Crippen molar-refractivity contribution in [2.24, 2.45) is 7.05 Å². The third kappa shape index (κ3) is 4.83. The molecule has 1 atom stereocenters. The first-order valence-corrected chi connectivity index (χ1v) is 12.1. The summed E-state index contributed by atoms with van der Waals surface area (Å²) in [6.45, 7) is -0.154. The summed E-state index contributed by atoms with van der Waals surface area (Å²) >= 11 is 0. The molecule has 0 unspecified atom stereocenters. The van der Waals surface area contributed by atoms with Gasteiger partial charge < -0.3 is 20.3 Å². The Morgan fingerprint density at radius 2 is 1.92 bits per heavy atom. The van der Waals surface area contributed by atoms with Crippen LogP contribution in [0.25, 0.3) is 33.9 Å².